The topological polar surface area (TPSA) is 43.9 Å². The first-order valence-electron chi connectivity index (χ1n) is 14.2. The molecule has 0 saturated carbocycles. The van der Waals surface area contributed by atoms with Crippen molar-refractivity contribution in [3.8, 4) is 0 Å². The lowest BCUT2D eigenvalue weighted by atomic mass is 9.76. The lowest BCUT2D eigenvalue weighted by Gasteiger charge is -2.39. The summed E-state index contributed by atoms with van der Waals surface area (Å²) in [6, 6.07) is 28.6. The quantitative estimate of drug-likeness (QED) is 0.366. The number of halogens is 1. The van der Waals surface area contributed by atoms with Gasteiger partial charge in [-0.3, -0.25) is 9.59 Å². The summed E-state index contributed by atoms with van der Waals surface area (Å²) in [4.78, 5) is 33.5. The second kappa shape index (κ2) is 11.3. The number of likely N-dealkylation sites (tertiary alicyclic amines) is 3. The van der Waals surface area contributed by atoms with E-state index in [9.17, 15) is 9.59 Å². The minimum absolute atomic E-state index is 0.124. The van der Waals surface area contributed by atoms with Crippen LogP contribution in [-0.4, -0.2) is 65.8 Å². The van der Waals surface area contributed by atoms with Gasteiger partial charge in [0, 0.05) is 48.7 Å². The number of hydrogen-bond donors (Lipinski definition) is 0. The number of benzene rings is 3. The molecule has 0 aliphatic carbocycles. The maximum atomic E-state index is 13.5. The van der Waals surface area contributed by atoms with Crippen molar-refractivity contribution in [1.29, 1.82) is 0 Å². The van der Waals surface area contributed by atoms with Gasteiger partial charge in [0.25, 0.3) is 5.91 Å². The van der Waals surface area contributed by atoms with Crippen molar-refractivity contribution < 1.29 is 9.59 Å². The summed E-state index contributed by atoms with van der Waals surface area (Å²) in [6.07, 6.45) is 2.82. The van der Waals surface area contributed by atoms with E-state index in [1.807, 2.05) is 47.4 Å². The third kappa shape index (κ3) is 5.55. The van der Waals surface area contributed by atoms with Crippen molar-refractivity contribution >= 4 is 27.7 Å². The van der Waals surface area contributed by atoms with Crippen molar-refractivity contribution in [2.45, 2.75) is 31.7 Å². The molecule has 2 atom stereocenters. The van der Waals surface area contributed by atoms with E-state index in [-0.39, 0.29) is 11.3 Å². The van der Waals surface area contributed by atoms with Crippen LogP contribution in [0.4, 0.5) is 0 Å². The van der Waals surface area contributed by atoms with Gasteiger partial charge in [-0.2, -0.15) is 0 Å². The van der Waals surface area contributed by atoms with E-state index in [0.29, 0.717) is 24.3 Å². The molecular weight excluding hydrogens is 550 g/mol. The van der Waals surface area contributed by atoms with E-state index < -0.39 is 0 Å². The Hall–Kier alpha value is -2.96. The van der Waals surface area contributed by atoms with Crippen LogP contribution >= 0.6 is 15.9 Å². The van der Waals surface area contributed by atoms with Crippen molar-refractivity contribution in [1.82, 2.24) is 14.7 Å². The highest BCUT2D eigenvalue weighted by molar-refractivity contribution is 9.10. The van der Waals surface area contributed by atoms with Gasteiger partial charge in [0.05, 0.1) is 5.41 Å². The molecule has 39 heavy (non-hydrogen) atoms. The molecule has 5 nitrogen and oxygen atoms in total. The first kappa shape index (κ1) is 26.3. The summed E-state index contributed by atoms with van der Waals surface area (Å²) in [5.74, 6) is 1.17. The largest absolute Gasteiger partial charge is 0.338 e. The predicted molar refractivity (Wildman–Crippen MR) is 157 cm³/mol. The van der Waals surface area contributed by atoms with Gasteiger partial charge in [0.1, 0.15) is 0 Å². The highest BCUT2D eigenvalue weighted by Gasteiger charge is 2.48. The molecule has 6 heteroatoms. The molecule has 0 bridgehead atoms. The summed E-state index contributed by atoms with van der Waals surface area (Å²) in [7, 11) is 0. The molecule has 2 amide bonds. The van der Waals surface area contributed by atoms with Gasteiger partial charge < -0.3 is 14.7 Å². The van der Waals surface area contributed by atoms with Gasteiger partial charge in [-0.05, 0) is 73.7 Å². The number of carbonyl (C=O) groups is 2. The highest BCUT2D eigenvalue weighted by Crippen LogP contribution is 2.43. The SMILES string of the molecule is O=C(c1ccccc1)N1CC(CN2CCC3(CC2)CCN(Cc2ccc(Br)cc2)C3=O)C(c2ccccc2)C1. The van der Waals surface area contributed by atoms with Crippen LogP contribution in [0.2, 0.25) is 0 Å². The summed E-state index contributed by atoms with van der Waals surface area (Å²) >= 11 is 3.50. The number of carbonyl (C=O) groups excluding carboxylic acids is 2. The molecule has 6 rings (SSSR count). The average molecular weight is 587 g/mol. The number of rotatable bonds is 6. The molecule has 0 aromatic heterocycles. The van der Waals surface area contributed by atoms with Crippen LogP contribution in [0.5, 0.6) is 0 Å². The maximum Gasteiger partial charge on any atom is 0.253 e. The van der Waals surface area contributed by atoms with Crippen LogP contribution in [0.1, 0.15) is 46.7 Å². The van der Waals surface area contributed by atoms with Gasteiger partial charge in [0.2, 0.25) is 5.91 Å². The second-order valence-electron chi connectivity index (χ2n) is 11.5. The number of nitrogens with zero attached hydrogens (tertiary/aromatic N) is 3. The average Bonchev–Trinajstić information content (AvgIpc) is 3.53. The van der Waals surface area contributed by atoms with Gasteiger partial charge in [0.15, 0.2) is 0 Å². The molecule has 3 fully saturated rings. The Labute approximate surface area is 239 Å². The zero-order valence-electron chi connectivity index (χ0n) is 22.3. The molecule has 3 heterocycles. The lowest BCUT2D eigenvalue weighted by Crippen LogP contribution is -2.46. The Morgan fingerprint density at radius 3 is 2.15 bits per heavy atom. The molecule has 202 valence electrons. The fourth-order valence-corrected chi connectivity index (χ4v) is 7.14. The number of amides is 2. The molecule has 3 aliphatic rings. The molecule has 3 saturated heterocycles. The van der Waals surface area contributed by atoms with Gasteiger partial charge in [-0.1, -0.05) is 76.6 Å². The maximum absolute atomic E-state index is 13.5. The van der Waals surface area contributed by atoms with Crippen LogP contribution in [-0.2, 0) is 11.3 Å². The molecule has 3 aromatic rings. The fraction of sp³-hybridized carbons (Fsp3) is 0.394. The van der Waals surface area contributed by atoms with Crippen molar-refractivity contribution in [3.63, 3.8) is 0 Å². The molecule has 1 spiro atoms. The Balaban J connectivity index is 1.10. The van der Waals surface area contributed by atoms with Crippen molar-refractivity contribution in [3.05, 3.63) is 106 Å². The highest BCUT2D eigenvalue weighted by atomic mass is 79.9. The number of piperidine rings is 1. The van der Waals surface area contributed by atoms with E-state index in [1.54, 1.807) is 0 Å². The lowest BCUT2D eigenvalue weighted by molar-refractivity contribution is -0.139. The third-order valence-corrected chi connectivity index (χ3v) is 9.70. The summed E-state index contributed by atoms with van der Waals surface area (Å²) in [5, 5.41) is 0. The Morgan fingerprint density at radius 1 is 0.821 bits per heavy atom. The van der Waals surface area contributed by atoms with Gasteiger partial charge in [-0.15, -0.1) is 0 Å². The Kier molecular flexibility index (Phi) is 7.59. The van der Waals surface area contributed by atoms with E-state index in [0.717, 1.165) is 68.6 Å². The first-order chi connectivity index (χ1) is 19.0. The second-order valence-corrected chi connectivity index (χ2v) is 12.5. The van der Waals surface area contributed by atoms with E-state index >= 15 is 0 Å². The summed E-state index contributed by atoms with van der Waals surface area (Å²) in [5.41, 5.74) is 3.06. The number of hydrogen-bond acceptors (Lipinski definition) is 3. The van der Waals surface area contributed by atoms with Crippen molar-refractivity contribution in [2.24, 2.45) is 11.3 Å². The van der Waals surface area contributed by atoms with Gasteiger partial charge >= 0.3 is 0 Å². The fourth-order valence-electron chi connectivity index (χ4n) is 6.88. The molecular formula is C33H36BrN3O2. The zero-order valence-corrected chi connectivity index (χ0v) is 23.9. The van der Waals surface area contributed by atoms with Crippen LogP contribution in [0.25, 0.3) is 0 Å². The van der Waals surface area contributed by atoms with Crippen molar-refractivity contribution in [2.75, 3.05) is 39.3 Å². The first-order valence-corrected chi connectivity index (χ1v) is 15.0. The Bertz CT molecular complexity index is 1290. The summed E-state index contributed by atoms with van der Waals surface area (Å²) in [6.45, 7) is 5.93. The van der Waals surface area contributed by atoms with Gasteiger partial charge in [-0.25, -0.2) is 0 Å². The molecule has 2 unspecified atom stereocenters. The van der Waals surface area contributed by atoms with E-state index in [4.69, 9.17) is 0 Å². The van der Waals surface area contributed by atoms with Crippen LogP contribution in [0, 0.1) is 11.3 Å². The normalized spacial score (nSPS) is 23.1. The standard InChI is InChI=1S/C33H36BrN3O2/c34-29-13-11-25(12-14-29)21-36-20-17-33(32(36)39)15-18-35(19-16-33)22-28-23-37(31(38)27-9-5-2-6-10-27)24-30(28)26-7-3-1-4-8-26/h1-14,28,30H,15-24H2. The van der Waals surface area contributed by atoms with Crippen LogP contribution in [0.3, 0.4) is 0 Å². The minimum Gasteiger partial charge on any atom is -0.338 e. The molecule has 3 aromatic carbocycles. The zero-order chi connectivity index (χ0) is 26.8. The van der Waals surface area contributed by atoms with E-state index in [2.05, 4.69) is 68.2 Å². The van der Waals surface area contributed by atoms with Crippen LogP contribution in [0.15, 0.2) is 89.4 Å². The Morgan fingerprint density at radius 2 is 1.46 bits per heavy atom. The molecule has 3 aliphatic heterocycles. The predicted octanol–water partition coefficient (Wildman–Crippen LogP) is 5.82. The molecule has 0 N–H and O–H groups in total. The van der Waals surface area contributed by atoms with Crippen LogP contribution < -0.4 is 0 Å². The van der Waals surface area contributed by atoms with E-state index in [1.165, 1.54) is 11.1 Å². The monoisotopic (exact) mass is 585 g/mol. The summed E-state index contributed by atoms with van der Waals surface area (Å²) < 4.78 is 1.06. The molecule has 0 radical (unpaired) electrons. The third-order valence-electron chi connectivity index (χ3n) is 9.17. The smallest absolute Gasteiger partial charge is 0.253 e. The minimum atomic E-state index is -0.199.